The van der Waals surface area contributed by atoms with Crippen LogP contribution in [0, 0.1) is 0 Å². The summed E-state index contributed by atoms with van der Waals surface area (Å²) >= 11 is 7.55. The van der Waals surface area contributed by atoms with Crippen molar-refractivity contribution in [3.8, 4) is 0 Å². The van der Waals surface area contributed by atoms with Gasteiger partial charge < -0.3 is 4.74 Å². The second-order valence-corrected chi connectivity index (χ2v) is 9.89. The topological polar surface area (TPSA) is 61.2 Å². The third kappa shape index (κ3) is 4.91. The molecular formula is C21H21ClN2O3S2. The van der Waals surface area contributed by atoms with E-state index in [1.54, 1.807) is 22.8 Å². The number of ether oxygens (including phenoxy) is 1. The second-order valence-electron chi connectivity index (χ2n) is 6.82. The molecule has 3 aromatic rings. The molecule has 0 saturated carbocycles. The minimum absolute atomic E-state index is 0.0250. The maximum absolute atomic E-state index is 13.1. The predicted octanol–water partition coefficient (Wildman–Crippen LogP) is 4.13. The minimum atomic E-state index is -1.09. The summed E-state index contributed by atoms with van der Waals surface area (Å²) in [5.74, 6) is 1.07. The van der Waals surface area contributed by atoms with E-state index in [9.17, 15) is 9.00 Å². The molecule has 0 N–H and O–H groups in total. The van der Waals surface area contributed by atoms with Crippen LogP contribution in [-0.4, -0.2) is 38.0 Å². The smallest absolute Gasteiger partial charge is 0.262 e. The maximum atomic E-state index is 13.1. The molecule has 2 heterocycles. The minimum Gasteiger partial charge on any atom is -0.376 e. The lowest BCUT2D eigenvalue weighted by Crippen LogP contribution is -2.29. The Morgan fingerprint density at radius 2 is 2.07 bits per heavy atom. The number of nitrogens with zero attached hydrogens (tertiary/aromatic N) is 2. The van der Waals surface area contributed by atoms with Gasteiger partial charge in [0.15, 0.2) is 5.16 Å². The van der Waals surface area contributed by atoms with Gasteiger partial charge in [-0.05, 0) is 43.2 Å². The summed E-state index contributed by atoms with van der Waals surface area (Å²) < 4.78 is 19.9. The quantitative estimate of drug-likeness (QED) is 0.401. The molecule has 0 unspecified atom stereocenters. The fourth-order valence-corrected chi connectivity index (χ4v) is 5.80. The zero-order valence-electron chi connectivity index (χ0n) is 15.8. The van der Waals surface area contributed by atoms with Crippen molar-refractivity contribution in [2.24, 2.45) is 0 Å². The van der Waals surface area contributed by atoms with Crippen LogP contribution in [0.1, 0.15) is 12.8 Å². The first-order chi connectivity index (χ1) is 14.1. The van der Waals surface area contributed by atoms with Gasteiger partial charge in [0.25, 0.3) is 5.56 Å². The molecule has 1 aliphatic heterocycles. The first-order valence-electron chi connectivity index (χ1n) is 9.50. The highest BCUT2D eigenvalue weighted by molar-refractivity contribution is 8.00. The highest BCUT2D eigenvalue weighted by Gasteiger charge is 2.20. The first-order valence-corrected chi connectivity index (χ1v) is 12.2. The molecule has 0 amide bonds. The van der Waals surface area contributed by atoms with Crippen LogP contribution in [-0.2, 0) is 22.1 Å². The van der Waals surface area contributed by atoms with Gasteiger partial charge in [-0.2, -0.15) is 0 Å². The Labute approximate surface area is 180 Å². The van der Waals surface area contributed by atoms with Crippen LogP contribution in [0.25, 0.3) is 10.9 Å². The average molecular weight is 449 g/mol. The Bertz CT molecular complexity index is 1080. The molecule has 152 valence electrons. The molecule has 8 heteroatoms. The molecule has 0 aliphatic carbocycles. The number of fused-ring (bicyclic) bond motifs is 1. The van der Waals surface area contributed by atoms with E-state index >= 15 is 0 Å². The highest BCUT2D eigenvalue weighted by Crippen LogP contribution is 2.23. The van der Waals surface area contributed by atoms with Crippen molar-refractivity contribution >= 4 is 45.1 Å². The summed E-state index contributed by atoms with van der Waals surface area (Å²) in [6.45, 7) is 1.21. The predicted molar refractivity (Wildman–Crippen MR) is 118 cm³/mol. The molecule has 0 radical (unpaired) electrons. The first kappa shape index (κ1) is 20.6. The summed E-state index contributed by atoms with van der Waals surface area (Å²) in [5, 5.41) is 1.71. The summed E-state index contributed by atoms with van der Waals surface area (Å²) in [5.41, 5.74) is 0.492. The second kappa shape index (κ2) is 9.43. The van der Waals surface area contributed by atoms with E-state index in [-0.39, 0.29) is 11.7 Å². The largest absolute Gasteiger partial charge is 0.376 e. The Kier molecular flexibility index (Phi) is 6.70. The van der Waals surface area contributed by atoms with E-state index in [2.05, 4.69) is 0 Å². The van der Waals surface area contributed by atoms with Gasteiger partial charge in [-0.15, -0.1) is 0 Å². The molecule has 0 bridgehead atoms. The van der Waals surface area contributed by atoms with Crippen LogP contribution in [0.5, 0.6) is 0 Å². The van der Waals surface area contributed by atoms with Crippen LogP contribution < -0.4 is 5.56 Å². The molecule has 0 spiro atoms. The van der Waals surface area contributed by atoms with Crippen molar-refractivity contribution in [1.29, 1.82) is 0 Å². The number of thioether (sulfide) groups is 1. The van der Waals surface area contributed by atoms with E-state index in [4.69, 9.17) is 21.3 Å². The molecule has 2 atom stereocenters. The van der Waals surface area contributed by atoms with Crippen LogP contribution in [0.2, 0.25) is 5.02 Å². The van der Waals surface area contributed by atoms with Crippen LogP contribution in [0.3, 0.4) is 0 Å². The van der Waals surface area contributed by atoms with E-state index in [1.165, 1.54) is 11.8 Å². The number of aromatic nitrogens is 2. The summed E-state index contributed by atoms with van der Waals surface area (Å²) in [6, 6.07) is 14.5. The molecule has 1 saturated heterocycles. The SMILES string of the molecule is O=c1c2ccc(Cl)cc2nc(SCC[S@](=O)c2ccccc2)n1C[C@H]1CCCO1. The molecule has 1 aliphatic rings. The lowest BCUT2D eigenvalue weighted by molar-refractivity contribution is 0.0937. The summed E-state index contributed by atoms with van der Waals surface area (Å²) in [6.07, 6.45) is 1.97. The maximum Gasteiger partial charge on any atom is 0.262 e. The molecule has 4 rings (SSSR count). The molecule has 2 aromatic carbocycles. The zero-order chi connectivity index (χ0) is 20.2. The lowest BCUT2D eigenvalue weighted by Gasteiger charge is -2.16. The van der Waals surface area contributed by atoms with Crippen LogP contribution in [0.15, 0.2) is 63.4 Å². The molecule has 29 heavy (non-hydrogen) atoms. The Morgan fingerprint density at radius 3 is 2.83 bits per heavy atom. The van der Waals surface area contributed by atoms with Gasteiger partial charge in [-0.25, -0.2) is 4.98 Å². The van der Waals surface area contributed by atoms with Crippen molar-refractivity contribution in [1.82, 2.24) is 9.55 Å². The van der Waals surface area contributed by atoms with E-state index < -0.39 is 10.8 Å². The third-order valence-electron chi connectivity index (χ3n) is 4.80. The van der Waals surface area contributed by atoms with Gasteiger partial charge in [-0.3, -0.25) is 13.6 Å². The average Bonchev–Trinajstić information content (AvgIpc) is 3.24. The number of halogens is 1. The van der Waals surface area contributed by atoms with Crippen molar-refractivity contribution in [3.63, 3.8) is 0 Å². The van der Waals surface area contributed by atoms with Crippen molar-refractivity contribution in [2.45, 2.75) is 35.5 Å². The molecule has 1 fully saturated rings. The van der Waals surface area contributed by atoms with Crippen LogP contribution in [0.4, 0.5) is 0 Å². The number of benzene rings is 2. The standard InChI is InChI=1S/C21H21ClN2O3S2/c22-15-8-9-18-19(13-15)23-21(24(20(18)25)14-16-5-4-10-27-16)28-11-12-29(26)17-6-2-1-3-7-17/h1-3,6-9,13,16H,4-5,10-12,14H2/t16-,29+/m1/s1. The monoisotopic (exact) mass is 448 g/mol. The number of hydrogen-bond acceptors (Lipinski definition) is 5. The summed E-state index contributed by atoms with van der Waals surface area (Å²) in [4.78, 5) is 18.6. The van der Waals surface area contributed by atoms with Crippen LogP contribution >= 0.6 is 23.4 Å². The Balaban J connectivity index is 1.58. The van der Waals surface area contributed by atoms with Gasteiger partial charge in [0.1, 0.15) is 0 Å². The zero-order valence-corrected chi connectivity index (χ0v) is 18.1. The normalized spacial score (nSPS) is 17.6. The fourth-order valence-electron chi connectivity index (χ4n) is 3.34. The highest BCUT2D eigenvalue weighted by atomic mass is 35.5. The van der Waals surface area contributed by atoms with Crippen molar-refractivity contribution < 1.29 is 8.95 Å². The Hall–Kier alpha value is -1.67. The van der Waals surface area contributed by atoms with Gasteiger partial charge in [0.05, 0.1) is 34.4 Å². The molecule has 5 nitrogen and oxygen atoms in total. The van der Waals surface area contributed by atoms with Gasteiger partial charge in [0, 0.05) is 28.0 Å². The van der Waals surface area contributed by atoms with Gasteiger partial charge >= 0.3 is 0 Å². The van der Waals surface area contributed by atoms with Crippen molar-refractivity contribution in [2.75, 3.05) is 18.1 Å². The third-order valence-corrected chi connectivity index (χ3v) is 7.64. The summed E-state index contributed by atoms with van der Waals surface area (Å²) in [7, 11) is -1.09. The van der Waals surface area contributed by atoms with E-state index in [1.807, 2.05) is 30.3 Å². The Morgan fingerprint density at radius 1 is 1.24 bits per heavy atom. The number of hydrogen-bond donors (Lipinski definition) is 0. The molecule has 1 aromatic heterocycles. The van der Waals surface area contributed by atoms with Crippen molar-refractivity contribution in [3.05, 3.63) is 63.9 Å². The van der Waals surface area contributed by atoms with E-state index in [0.717, 1.165) is 24.3 Å². The fraction of sp³-hybridized carbons (Fsp3) is 0.333. The van der Waals surface area contributed by atoms with Gasteiger partial charge in [0.2, 0.25) is 0 Å². The van der Waals surface area contributed by atoms with E-state index in [0.29, 0.717) is 39.1 Å². The lowest BCUT2D eigenvalue weighted by atomic mass is 10.2. The van der Waals surface area contributed by atoms with Gasteiger partial charge in [-0.1, -0.05) is 41.6 Å². The molecular weight excluding hydrogens is 428 g/mol. The number of rotatable bonds is 7.